The van der Waals surface area contributed by atoms with Gasteiger partial charge in [0.25, 0.3) is 0 Å². The van der Waals surface area contributed by atoms with Gasteiger partial charge in [-0.15, -0.1) is 10.2 Å². The molecule has 5 heteroatoms. The number of nitrogens with one attached hydrogen (secondary N) is 1. The van der Waals surface area contributed by atoms with Crippen LogP contribution in [0.3, 0.4) is 0 Å². The molecule has 0 saturated heterocycles. The highest BCUT2D eigenvalue weighted by molar-refractivity contribution is 7.11. The van der Waals surface area contributed by atoms with Crippen LogP contribution in [-0.4, -0.2) is 24.4 Å². The van der Waals surface area contributed by atoms with Crippen LogP contribution in [-0.2, 0) is 11.3 Å². The molecule has 0 aliphatic carbocycles. The van der Waals surface area contributed by atoms with Crippen LogP contribution >= 0.6 is 11.3 Å². The summed E-state index contributed by atoms with van der Waals surface area (Å²) in [6.07, 6.45) is 1.03. The second-order valence-electron chi connectivity index (χ2n) is 2.72. The predicted molar refractivity (Wildman–Crippen MR) is 52.7 cm³/mol. The minimum atomic E-state index is 0.322. The van der Waals surface area contributed by atoms with Crippen molar-refractivity contribution in [1.82, 2.24) is 15.5 Å². The molecule has 74 valence electrons. The third kappa shape index (κ3) is 2.72. The fourth-order valence-corrected chi connectivity index (χ4v) is 2.10. The highest BCUT2D eigenvalue weighted by atomic mass is 32.1. The first-order chi connectivity index (χ1) is 6.31. The van der Waals surface area contributed by atoms with Gasteiger partial charge in [0.05, 0.1) is 12.6 Å². The summed E-state index contributed by atoms with van der Waals surface area (Å²) in [5.74, 6) is 0. The average molecular weight is 201 g/mol. The topological polar surface area (TPSA) is 47.0 Å². The molecule has 0 saturated carbocycles. The Labute approximate surface area is 82.3 Å². The summed E-state index contributed by atoms with van der Waals surface area (Å²) in [6, 6.07) is 0.322. The molecular weight excluding hydrogens is 186 g/mol. The van der Waals surface area contributed by atoms with Gasteiger partial charge in [0, 0.05) is 7.11 Å². The van der Waals surface area contributed by atoms with E-state index in [4.69, 9.17) is 4.74 Å². The van der Waals surface area contributed by atoms with Crippen molar-refractivity contribution >= 4 is 11.3 Å². The van der Waals surface area contributed by atoms with Gasteiger partial charge in [0.2, 0.25) is 0 Å². The number of hydrogen-bond acceptors (Lipinski definition) is 5. The molecule has 0 bridgehead atoms. The average Bonchev–Trinajstić information content (AvgIpc) is 2.56. The van der Waals surface area contributed by atoms with E-state index in [2.05, 4.69) is 22.4 Å². The zero-order valence-corrected chi connectivity index (χ0v) is 9.02. The van der Waals surface area contributed by atoms with E-state index in [-0.39, 0.29) is 0 Å². The van der Waals surface area contributed by atoms with Gasteiger partial charge in [-0.05, 0) is 13.5 Å². The summed E-state index contributed by atoms with van der Waals surface area (Å²) in [5.41, 5.74) is 0. The molecular formula is C8H15N3OS. The van der Waals surface area contributed by atoms with E-state index in [0.717, 1.165) is 16.4 Å². The van der Waals surface area contributed by atoms with Crippen LogP contribution in [0.4, 0.5) is 0 Å². The summed E-state index contributed by atoms with van der Waals surface area (Å²) in [5, 5.41) is 13.3. The van der Waals surface area contributed by atoms with Crippen molar-refractivity contribution in [1.29, 1.82) is 0 Å². The fraction of sp³-hybridized carbons (Fsp3) is 0.750. The lowest BCUT2D eigenvalue weighted by molar-refractivity contribution is 0.184. The van der Waals surface area contributed by atoms with Crippen molar-refractivity contribution < 1.29 is 4.74 Å². The lowest BCUT2D eigenvalue weighted by Crippen LogP contribution is -2.14. The van der Waals surface area contributed by atoms with Gasteiger partial charge in [-0.2, -0.15) is 0 Å². The number of hydrogen-bond donors (Lipinski definition) is 1. The van der Waals surface area contributed by atoms with Crippen LogP contribution in [0.2, 0.25) is 0 Å². The van der Waals surface area contributed by atoms with Crippen LogP contribution in [0.25, 0.3) is 0 Å². The minimum absolute atomic E-state index is 0.322. The number of aromatic nitrogens is 2. The second kappa shape index (κ2) is 5.26. The van der Waals surface area contributed by atoms with Crippen molar-refractivity contribution in [3.63, 3.8) is 0 Å². The van der Waals surface area contributed by atoms with Crippen molar-refractivity contribution in [3.8, 4) is 0 Å². The first-order valence-electron chi connectivity index (χ1n) is 4.30. The zero-order valence-electron chi connectivity index (χ0n) is 8.20. The molecule has 1 aromatic rings. The Balaban J connectivity index is 2.66. The van der Waals surface area contributed by atoms with E-state index in [9.17, 15) is 0 Å². The van der Waals surface area contributed by atoms with E-state index in [1.165, 1.54) is 0 Å². The quantitative estimate of drug-likeness (QED) is 0.781. The van der Waals surface area contributed by atoms with Crippen molar-refractivity contribution in [2.75, 3.05) is 14.2 Å². The van der Waals surface area contributed by atoms with Gasteiger partial charge in [0.1, 0.15) is 10.0 Å². The monoisotopic (exact) mass is 201 g/mol. The SMILES string of the molecule is CCC(NC)c1nnc(COC)s1. The molecule has 0 aliphatic heterocycles. The van der Waals surface area contributed by atoms with Crippen LogP contribution < -0.4 is 5.32 Å². The van der Waals surface area contributed by atoms with Gasteiger partial charge in [-0.3, -0.25) is 0 Å². The molecule has 0 radical (unpaired) electrons. The zero-order chi connectivity index (χ0) is 9.68. The van der Waals surface area contributed by atoms with Gasteiger partial charge in [-0.1, -0.05) is 18.3 Å². The molecule has 0 aromatic carbocycles. The Hall–Kier alpha value is -0.520. The summed E-state index contributed by atoms with van der Waals surface area (Å²) >= 11 is 1.60. The molecule has 1 N–H and O–H groups in total. The van der Waals surface area contributed by atoms with Crippen molar-refractivity contribution in [3.05, 3.63) is 10.0 Å². The summed E-state index contributed by atoms with van der Waals surface area (Å²) < 4.78 is 4.98. The number of methoxy groups -OCH3 is 1. The maximum atomic E-state index is 4.98. The molecule has 1 aromatic heterocycles. The van der Waals surface area contributed by atoms with Crippen molar-refractivity contribution in [2.24, 2.45) is 0 Å². The molecule has 0 spiro atoms. The van der Waals surface area contributed by atoms with Gasteiger partial charge >= 0.3 is 0 Å². The van der Waals surface area contributed by atoms with Crippen molar-refractivity contribution in [2.45, 2.75) is 26.0 Å². The summed E-state index contributed by atoms with van der Waals surface area (Å²) in [7, 11) is 3.60. The van der Waals surface area contributed by atoms with E-state index in [1.807, 2.05) is 7.05 Å². The third-order valence-electron chi connectivity index (χ3n) is 1.81. The van der Waals surface area contributed by atoms with E-state index < -0.39 is 0 Å². The highest BCUT2D eigenvalue weighted by Crippen LogP contribution is 2.20. The maximum Gasteiger partial charge on any atom is 0.143 e. The van der Waals surface area contributed by atoms with Crippen LogP contribution in [0, 0.1) is 0 Å². The molecule has 1 heterocycles. The molecule has 4 nitrogen and oxygen atoms in total. The van der Waals surface area contributed by atoms with Gasteiger partial charge in [0.15, 0.2) is 0 Å². The predicted octanol–water partition coefficient (Wildman–Crippen LogP) is 1.35. The first kappa shape index (κ1) is 10.6. The summed E-state index contributed by atoms with van der Waals surface area (Å²) in [6.45, 7) is 2.68. The van der Waals surface area contributed by atoms with E-state index in [1.54, 1.807) is 18.4 Å². The molecule has 0 fully saturated rings. The Kier molecular flexibility index (Phi) is 4.27. The number of rotatable bonds is 5. The summed E-state index contributed by atoms with van der Waals surface area (Å²) in [4.78, 5) is 0. The molecule has 1 rings (SSSR count). The highest BCUT2D eigenvalue weighted by Gasteiger charge is 2.12. The Morgan fingerprint density at radius 2 is 2.31 bits per heavy atom. The normalized spacial score (nSPS) is 13.2. The lowest BCUT2D eigenvalue weighted by atomic mass is 10.2. The molecule has 0 aliphatic rings. The second-order valence-corrected chi connectivity index (χ2v) is 3.81. The maximum absolute atomic E-state index is 4.98. The molecule has 0 amide bonds. The smallest absolute Gasteiger partial charge is 0.143 e. The van der Waals surface area contributed by atoms with E-state index in [0.29, 0.717) is 12.6 Å². The molecule has 13 heavy (non-hydrogen) atoms. The third-order valence-corrected chi connectivity index (χ3v) is 2.82. The van der Waals surface area contributed by atoms with E-state index >= 15 is 0 Å². The largest absolute Gasteiger partial charge is 0.377 e. The number of nitrogens with zero attached hydrogens (tertiary/aromatic N) is 2. The Bertz CT molecular complexity index is 247. The standard InChI is InChI=1S/C8H15N3OS/c1-4-6(9-2)8-11-10-7(13-8)5-12-3/h6,9H,4-5H2,1-3H3. The molecule has 1 unspecified atom stereocenters. The first-order valence-corrected chi connectivity index (χ1v) is 5.12. The minimum Gasteiger partial charge on any atom is -0.377 e. The Morgan fingerprint density at radius 1 is 1.54 bits per heavy atom. The van der Waals surface area contributed by atoms with Gasteiger partial charge in [-0.25, -0.2) is 0 Å². The van der Waals surface area contributed by atoms with Crippen LogP contribution in [0.1, 0.15) is 29.4 Å². The van der Waals surface area contributed by atoms with Gasteiger partial charge < -0.3 is 10.1 Å². The number of ether oxygens (including phenoxy) is 1. The van der Waals surface area contributed by atoms with Crippen LogP contribution in [0.5, 0.6) is 0 Å². The van der Waals surface area contributed by atoms with Crippen LogP contribution in [0.15, 0.2) is 0 Å². The molecule has 1 atom stereocenters. The Morgan fingerprint density at radius 3 is 2.85 bits per heavy atom. The lowest BCUT2D eigenvalue weighted by Gasteiger charge is -2.07. The fourth-order valence-electron chi connectivity index (χ4n) is 1.09.